The molecule has 2 aromatic rings. The highest BCUT2D eigenvalue weighted by molar-refractivity contribution is 5.81. The third kappa shape index (κ3) is 3.16. The van der Waals surface area contributed by atoms with Gasteiger partial charge in [0.1, 0.15) is 0 Å². The summed E-state index contributed by atoms with van der Waals surface area (Å²) in [5.74, 6) is 0.480. The number of rotatable bonds is 4. The first-order valence-electron chi connectivity index (χ1n) is 9.14. The van der Waals surface area contributed by atoms with E-state index in [1.54, 1.807) is 0 Å². The maximum Gasteiger partial charge on any atom is 0.0575 e. The molecule has 130 valence electrons. The first-order valence-corrected chi connectivity index (χ1v) is 9.14. The molecule has 1 atom stereocenters. The molecule has 0 aliphatic heterocycles. The lowest BCUT2D eigenvalue weighted by molar-refractivity contribution is 0.606. The molecule has 1 aliphatic rings. The van der Waals surface area contributed by atoms with Gasteiger partial charge >= 0.3 is 0 Å². The highest BCUT2D eigenvalue weighted by atomic mass is 15.0. The summed E-state index contributed by atoms with van der Waals surface area (Å²) in [5.41, 5.74) is 9.58. The van der Waals surface area contributed by atoms with Crippen LogP contribution < -0.4 is 5.32 Å². The topological polar surface area (TPSA) is 12.0 Å². The number of allylic oxidation sites excluding steroid dienone is 4. The minimum atomic E-state index is -0.157. The van der Waals surface area contributed by atoms with Crippen LogP contribution in [0.3, 0.4) is 0 Å². The molecule has 0 aromatic heterocycles. The minimum Gasteiger partial charge on any atom is -0.376 e. The van der Waals surface area contributed by atoms with E-state index < -0.39 is 0 Å². The summed E-state index contributed by atoms with van der Waals surface area (Å²) in [7, 11) is 0. The predicted molar refractivity (Wildman–Crippen MR) is 110 cm³/mol. The molecular weight excluding hydrogens is 302 g/mol. The van der Waals surface area contributed by atoms with Gasteiger partial charge in [-0.05, 0) is 74.6 Å². The lowest BCUT2D eigenvalue weighted by atomic mass is 9.82. The molecule has 1 nitrogen and oxygen atoms in total. The van der Waals surface area contributed by atoms with Crippen LogP contribution in [0.4, 0.5) is 5.69 Å². The highest BCUT2D eigenvalue weighted by Gasteiger charge is 2.30. The maximum atomic E-state index is 3.71. The Kier molecular flexibility index (Phi) is 4.60. The van der Waals surface area contributed by atoms with Crippen LogP contribution in [0.1, 0.15) is 52.7 Å². The molecule has 1 aliphatic carbocycles. The van der Waals surface area contributed by atoms with Crippen LogP contribution in [0.15, 0.2) is 71.3 Å². The van der Waals surface area contributed by atoms with Crippen molar-refractivity contribution in [2.75, 3.05) is 5.32 Å². The molecule has 1 unspecified atom stereocenters. The van der Waals surface area contributed by atoms with Crippen LogP contribution in [0.2, 0.25) is 0 Å². The van der Waals surface area contributed by atoms with Crippen molar-refractivity contribution in [1.29, 1.82) is 0 Å². The maximum absolute atomic E-state index is 3.71. The molecule has 0 amide bonds. The Morgan fingerprint density at radius 2 is 1.40 bits per heavy atom. The third-order valence-electron chi connectivity index (χ3n) is 5.76. The van der Waals surface area contributed by atoms with Crippen LogP contribution in [-0.2, 0) is 5.54 Å². The smallest absolute Gasteiger partial charge is 0.0575 e. The van der Waals surface area contributed by atoms with Gasteiger partial charge in [-0.1, -0.05) is 55.0 Å². The van der Waals surface area contributed by atoms with Gasteiger partial charge in [-0.2, -0.15) is 0 Å². The molecule has 0 saturated carbocycles. The normalized spacial score (nSPS) is 18.1. The fourth-order valence-electron chi connectivity index (χ4n) is 4.01. The van der Waals surface area contributed by atoms with Gasteiger partial charge in [-0.3, -0.25) is 0 Å². The van der Waals surface area contributed by atoms with Crippen molar-refractivity contribution in [2.24, 2.45) is 5.92 Å². The second-order valence-electron chi connectivity index (χ2n) is 7.73. The summed E-state index contributed by atoms with van der Waals surface area (Å²) in [5, 5.41) is 3.71. The van der Waals surface area contributed by atoms with E-state index in [1.165, 1.54) is 33.4 Å². The van der Waals surface area contributed by atoms with E-state index in [9.17, 15) is 0 Å². The van der Waals surface area contributed by atoms with E-state index in [-0.39, 0.29) is 5.54 Å². The standard InChI is InChI=1S/C24H29N/c1-16-17(2)19(4)23(18(16)3)21-14-10-11-15-22(21)24(5,6)25-20-12-8-7-9-13-20/h7-15,18,25H,1-6H3. The lowest BCUT2D eigenvalue weighted by Crippen LogP contribution is -2.29. The number of hydrogen-bond acceptors (Lipinski definition) is 1. The number of hydrogen-bond donors (Lipinski definition) is 1. The van der Waals surface area contributed by atoms with E-state index in [0.717, 1.165) is 5.69 Å². The molecule has 3 rings (SSSR count). The van der Waals surface area contributed by atoms with Crippen LogP contribution >= 0.6 is 0 Å². The molecule has 0 heterocycles. The Morgan fingerprint density at radius 3 is 2.00 bits per heavy atom. The Morgan fingerprint density at radius 1 is 0.800 bits per heavy atom. The van der Waals surface area contributed by atoms with Crippen LogP contribution in [0, 0.1) is 5.92 Å². The summed E-state index contributed by atoms with van der Waals surface area (Å²) in [6, 6.07) is 19.3. The van der Waals surface area contributed by atoms with Crippen LogP contribution in [0.5, 0.6) is 0 Å². The first kappa shape index (κ1) is 17.5. The summed E-state index contributed by atoms with van der Waals surface area (Å²) in [6.07, 6.45) is 0. The molecule has 0 saturated heterocycles. The van der Waals surface area contributed by atoms with Crippen molar-refractivity contribution in [3.05, 3.63) is 82.4 Å². The van der Waals surface area contributed by atoms with Gasteiger partial charge in [-0.15, -0.1) is 0 Å². The Labute approximate surface area is 152 Å². The van der Waals surface area contributed by atoms with Crippen LogP contribution in [-0.4, -0.2) is 0 Å². The van der Waals surface area contributed by atoms with Gasteiger partial charge in [-0.25, -0.2) is 0 Å². The summed E-state index contributed by atoms with van der Waals surface area (Å²) in [4.78, 5) is 0. The molecule has 1 N–H and O–H groups in total. The Bertz CT molecular complexity index is 837. The zero-order valence-electron chi connectivity index (χ0n) is 16.3. The lowest BCUT2D eigenvalue weighted by Gasteiger charge is -2.32. The Hall–Kier alpha value is -2.28. The number of nitrogens with one attached hydrogen (secondary N) is 1. The van der Waals surface area contributed by atoms with E-state index in [2.05, 4.69) is 101 Å². The largest absolute Gasteiger partial charge is 0.376 e. The molecule has 0 fully saturated rings. The van der Waals surface area contributed by atoms with E-state index in [0.29, 0.717) is 5.92 Å². The zero-order valence-corrected chi connectivity index (χ0v) is 16.3. The number of para-hydroxylation sites is 1. The van der Waals surface area contributed by atoms with Crippen LogP contribution in [0.25, 0.3) is 5.57 Å². The quantitative estimate of drug-likeness (QED) is 0.650. The number of anilines is 1. The first-order chi connectivity index (χ1) is 11.8. The second-order valence-corrected chi connectivity index (χ2v) is 7.73. The molecule has 2 aromatic carbocycles. The average Bonchev–Trinajstić information content (AvgIpc) is 2.79. The van der Waals surface area contributed by atoms with E-state index >= 15 is 0 Å². The predicted octanol–water partition coefficient (Wildman–Crippen LogP) is 6.79. The molecule has 0 bridgehead atoms. The average molecular weight is 332 g/mol. The third-order valence-corrected chi connectivity index (χ3v) is 5.76. The van der Waals surface area contributed by atoms with Gasteiger partial charge in [0.15, 0.2) is 0 Å². The van der Waals surface area contributed by atoms with Crippen molar-refractivity contribution in [3.63, 3.8) is 0 Å². The minimum absolute atomic E-state index is 0.157. The monoisotopic (exact) mass is 331 g/mol. The second kappa shape index (κ2) is 6.55. The number of benzene rings is 2. The molecule has 1 heteroatoms. The molecular formula is C24H29N. The zero-order chi connectivity index (χ0) is 18.2. The SMILES string of the molecule is CC1=C(C)C(C)C(c2ccccc2C(C)(C)Nc2ccccc2)=C1C. The van der Waals surface area contributed by atoms with Crippen molar-refractivity contribution in [2.45, 2.75) is 47.1 Å². The van der Waals surface area contributed by atoms with Gasteiger partial charge in [0.25, 0.3) is 0 Å². The fraction of sp³-hybridized carbons (Fsp3) is 0.333. The van der Waals surface area contributed by atoms with Gasteiger partial charge < -0.3 is 5.32 Å². The van der Waals surface area contributed by atoms with E-state index in [1.807, 2.05) is 0 Å². The van der Waals surface area contributed by atoms with Gasteiger partial charge in [0, 0.05) is 11.6 Å². The van der Waals surface area contributed by atoms with Crippen molar-refractivity contribution in [3.8, 4) is 0 Å². The fourth-order valence-corrected chi connectivity index (χ4v) is 4.01. The Balaban J connectivity index is 2.06. The molecule has 0 radical (unpaired) electrons. The highest BCUT2D eigenvalue weighted by Crippen LogP contribution is 2.45. The summed E-state index contributed by atoms with van der Waals surface area (Å²) in [6.45, 7) is 13.7. The van der Waals surface area contributed by atoms with Crippen molar-refractivity contribution in [1.82, 2.24) is 0 Å². The van der Waals surface area contributed by atoms with E-state index in [4.69, 9.17) is 0 Å². The molecule has 25 heavy (non-hydrogen) atoms. The summed E-state index contributed by atoms with van der Waals surface area (Å²) < 4.78 is 0. The molecule has 0 spiro atoms. The van der Waals surface area contributed by atoms with Crippen molar-refractivity contribution < 1.29 is 0 Å². The van der Waals surface area contributed by atoms with Gasteiger partial charge in [0.2, 0.25) is 0 Å². The van der Waals surface area contributed by atoms with Gasteiger partial charge in [0.05, 0.1) is 5.54 Å². The van der Waals surface area contributed by atoms with Crippen molar-refractivity contribution >= 4 is 11.3 Å². The summed E-state index contributed by atoms with van der Waals surface area (Å²) >= 11 is 0.